The molecule has 1 aromatic rings. The fourth-order valence-electron chi connectivity index (χ4n) is 1.60. The van der Waals surface area contributed by atoms with Gasteiger partial charge < -0.3 is 10.2 Å². The summed E-state index contributed by atoms with van der Waals surface area (Å²) in [6, 6.07) is 2.05. The van der Waals surface area contributed by atoms with Crippen molar-refractivity contribution in [3.8, 4) is 0 Å². The number of nitrogens with one attached hydrogen (secondary N) is 1. The predicted molar refractivity (Wildman–Crippen MR) is 70.9 cm³/mol. The minimum Gasteiger partial charge on any atom is -0.352 e. The van der Waals surface area contributed by atoms with Crippen molar-refractivity contribution < 1.29 is 4.79 Å². The molecule has 1 N–H and O–H groups in total. The Labute approximate surface area is 112 Å². The summed E-state index contributed by atoms with van der Waals surface area (Å²) in [6.07, 6.45) is 2.90. The maximum atomic E-state index is 11.7. The van der Waals surface area contributed by atoms with Gasteiger partial charge in [-0.15, -0.1) is 0 Å². The van der Waals surface area contributed by atoms with Gasteiger partial charge in [0.05, 0.1) is 6.54 Å². The molecule has 0 aromatic carbocycles. The molecule has 5 nitrogen and oxygen atoms in total. The van der Waals surface area contributed by atoms with Crippen molar-refractivity contribution in [1.82, 2.24) is 15.3 Å². The number of rotatable bonds is 5. The second-order valence-electron chi connectivity index (χ2n) is 4.52. The Morgan fingerprint density at radius 2 is 2.28 bits per heavy atom. The van der Waals surface area contributed by atoms with Gasteiger partial charge in [-0.3, -0.25) is 4.79 Å². The normalized spacial score (nSPS) is 14.4. The van der Waals surface area contributed by atoms with Crippen LogP contribution in [-0.4, -0.2) is 35.5 Å². The topological polar surface area (TPSA) is 58.1 Å². The van der Waals surface area contributed by atoms with E-state index in [-0.39, 0.29) is 12.5 Å². The highest BCUT2D eigenvalue weighted by Gasteiger charge is 2.23. The summed E-state index contributed by atoms with van der Waals surface area (Å²) < 4.78 is 0. The van der Waals surface area contributed by atoms with E-state index in [1.807, 2.05) is 14.0 Å². The zero-order valence-corrected chi connectivity index (χ0v) is 11.4. The fourth-order valence-corrected chi connectivity index (χ4v) is 1.80. The minimum absolute atomic E-state index is 0.0211. The van der Waals surface area contributed by atoms with E-state index in [0.717, 1.165) is 19.3 Å². The minimum atomic E-state index is 0.0211. The van der Waals surface area contributed by atoms with E-state index >= 15 is 0 Å². The number of halogens is 1. The van der Waals surface area contributed by atoms with Gasteiger partial charge in [-0.2, -0.15) is 0 Å². The highest BCUT2D eigenvalue weighted by molar-refractivity contribution is 6.29. The van der Waals surface area contributed by atoms with Crippen LogP contribution in [0.3, 0.4) is 0 Å². The number of hydrogen-bond acceptors (Lipinski definition) is 4. The van der Waals surface area contributed by atoms with Crippen molar-refractivity contribution in [3.63, 3.8) is 0 Å². The van der Waals surface area contributed by atoms with Gasteiger partial charge in [0.15, 0.2) is 0 Å². The number of carbonyl (C=O) groups is 1. The molecule has 1 amide bonds. The number of carbonyl (C=O) groups excluding carboxylic acids is 1. The van der Waals surface area contributed by atoms with Gasteiger partial charge in [-0.05, 0) is 12.8 Å². The smallest absolute Gasteiger partial charge is 0.239 e. The molecule has 0 atom stereocenters. The fraction of sp³-hybridized carbons (Fsp3) is 0.583. The lowest BCUT2D eigenvalue weighted by atomic mass is 10.4. The van der Waals surface area contributed by atoms with Crippen molar-refractivity contribution in [2.75, 3.05) is 18.5 Å². The average Bonchev–Trinajstić information content (AvgIpc) is 3.11. The Bertz CT molecular complexity index is 448. The number of likely N-dealkylation sites (N-methyl/N-ethyl adjacent to an activating group) is 1. The van der Waals surface area contributed by atoms with E-state index in [1.165, 1.54) is 0 Å². The highest BCUT2D eigenvalue weighted by atomic mass is 35.5. The molecule has 1 saturated carbocycles. The van der Waals surface area contributed by atoms with E-state index in [4.69, 9.17) is 11.6 Å². The molecule has 2 rings (SSSR count). The molecule has 1 aliphatic carbocycles. The third-order valence-electron chi connectivity index (χ3n) is 2.76. The lowest BCUT2D eigenvalue weighted by molar-refractivity contribution is -0.119. The van der Waals surface area contributed by atoms with Gasteiger partial charge in [0, 0.05) is 25.6 Å². The molecular weight excluding hydrogens is 252 g/mol. The predicted octanol–water partition coefficient (Wildman–Crippen LogP) is 1.41. The van der Waals surface area contributed by atoms with Gasteiger partial charge in [-0.1, -0.05) is 18.5 Å². The quantitative estimate of drug-likeness (QED) is 0.821. The van der Waals surface area contributed by atoms with Crippen LogP contribution >= 0.6 is 11.6 Å². The lowest BCUT2D eigenvalue weighted by Gasteiger charge is -2.18. The van der Waals surface area contributed by atoms with E-state index in [0.29, 0.717) is 22.8 Å². The molecule has 0 aliphatic heterocycles. The van der Waals surface area contributed by atoms with Crippen LogP contribution in [0.15, 0.2) is 6.07 Å². The molecule has 98 valence electrons. The van der Waals surface area contributed by atoms with Crippen LogP contribution in [0.25, 0.3) is 0 Å². The van der Waals surface area contributed by atoms with Gasteiger partial charge in [-0.25, -0.2) is 9.97 Å². The van der Waals surface area contributed by atoms with Crippen LogP contribution in [-0.2, 0) is 11.2 Å². The van der Waals surface area contributed by atoms with Gasteiger partial charge in [0.2, 0.25) is 5.91 Å². The summed E-state index contributed by atoms with van der Waals surface area (Å²) in [5.74, 6) is 1.39. The SMILES string of the molecule is CCc1nc(Cl)cc(N(C)CC(=O)NC2CC2)n1. The van der Waals surface area contributed by atoms with E-state index in [1.54, 1.807) is 11.0 Å². The molecule has 18 heavy (non-hydrogen) atoms. The third-order valence-corrected chi connectivity index (χ3v) is 2.95. The van der Waals surface area contributed by atoms with Crippen molar-refractivity contribution in [1.29, 1.82) is 0 Å². The Balaban J connectivity index is 2.00. The molecule has 1 aliphatic rings. The molecule has 0 saturated heterocycles. The van der Waals surface area contributed by atoms with Crippen LogP contribution in [0.5, 0.6) is 0 Å². The Morgan fingerprint density at radius 3 is 2.89 bits per heavy atom. The monoisotopic (exact) mass is 268 g/mol. The third kappa shape index (κ3) is 3.57. The number of anilines is 1. The second kappa shape index (κ2) is 5.52. The van der Waals surface area contributed by atoms with Crippen LogP contribution in [0.1, 0.15) is 25.6 Å². The summed E-state index contributed by atoms with van der Waals surface area (Å²) in [5.41, 5.74) is 0. The standard InChI is InChI=1S/C12H17ClN4O/c1-3-10-15-9(13)6-11(16-10)17(2)7-12(18)14-8-4-5-8/h6,8H,3-5,7H2,1-2H3,(H,14,18). The second-order valence-corrected chi connectivity index (χ2v) is 4.90. The summed E-state index contributed by atoms with van der Waals surface area (Å²) >= 11 is 5.93. The number of nitrogens with zero attached hydrogens (tertiary/aromatic N) is 3. The van der Waals surface area contributed by atoms with Gasteiger partial charge >= 0.3 is 0 Å². The maximum Gasteiger partial charge on any atom is 0.239 e. The Morgan fingerprint density at radius 1 is 1.56 bits per heavy atom. The van der Waals surface area contributed by atoms with E-state index in [2.05, 4.69) is 15.3 Å². The first kappa shape index (κ1) is 13.1. The van der Waals surface area contributed by atoms with Crippen molar-refractivity contribution in [2.24, 2.45) is 0 Å². The molecule has 0 spiro atoms. The first-order valence-electron chi connectivity index (χ1n) is 6.12. The number of hydrogen-bond donors (Lipinski definition) is 1. The van der Waals surface area contributed by atoms with Crippen molar-refractivity contribution in [3.05, 3.63) is 17.0 Å². The maximum absolute atomic E-state index is 11.7. The number of aryl methyl sites for hydroxylation is 1. The van der Waals surface area contributed by atoms with Crippen LogP contribution in [0.2, 0.25) is 5.15 Å². The lowest BCUT2D eigenvalue weighted by Crippen LogP contribution is -2.36. The van der Waals surface area contributed by atoms with Crippen LogP contribution < -0.4 is 10.2 Å². The summed E-state index contributed by atoms with van der Waals surface area (Å²) in [5, 5.41) is 3.35. The van der Waals surface area contributed by atoms with E-state index < -0.39 is 0 Å². The van der Waals surface area contributed by atoms with Crippen LogP contribution in [0.4, 0.5) is 5.82 Å². The van der Waals surface area contributed by atoms with Crippen LogP contribution in [0, 0.1) is 0 Å². The Hall–Kier alpha value is -1.36. The van der Waals surface area contributed by atoms with E-state index in [9.17, 15) is 4.79 Å². The first-order valence-corrected chi connectivity index (χ1v) is 6.50. The molecule has 1 heterocycles. The molecule has 1 fully saturated rings. The first-order chi connectivity index (χ1) is 8.58. The average molecular weight is 269 g/mol. The zero-order chi connectivity index (χ0) is 13.1. The van der Waals surface area contributed by atoms with Gasteiger partial charge in [0.25, 0.3) is 0 Å². The van der Waals surface area contributed by atoms with Gasteiger partial charge in [0.1, 0.15) is 16.8 Å². The number of amides is 1. The zero-order valence-electron chi connectivity index (χ0n) is 10.6. The molecule has 0 radical (unpaired) electrons. The van der Waals surface area contributed by atoms with Crippen molar-refractivity contribution in [2.45, 2.75) is 32.2 Å². The largest absolute Gasteiger partial charge is 0.352 e. The summed E-state index contributed by atoms with van der Waals surface area (Å²) in [7, 11) is 1.82. The summed E-state index contributed by atoms with van der Waals surface area (Å²) in [6.45, 7) is 2.25. The highest BCUT2D eigenvalue weighted by Crippen LogP contribution is 2.19. The molecule has 0 unspecified atom stereocenters. The molecule has 6 heteroatoms. The van der Waals surface area contributed by atoms with Crippen molar-refractivity contribution >= 4 is 23.3 Å². The summed E-state index contributed by atoms with van der Waals surface area (Å²) in [4.78, 5) is 21.9. The molecule has 0 bridgehead atoms. The Kier molecular flexibility index (Phi) is 4.01. The number of aromatic nitrogens is 2. The molecule has 1 aromatic heterocycles. The molecular formula is C12H17ClN4O.